The van der Waals surface area contributed by atoms with Gasteiger partial charge in [-0.25, -0.2) is 0 Å². The molecule has 8 heteroatoms. The maximum absolute atomic E-state index is 13.5. The van der Waals surface area contributed by atoms with Gasteiger partial charge in [0.25, 0.3) is 0 Å². The molecule has 0 aromatic heterocycles. The fraction of sp³-hybridized carbons (Fsp3) is 0.796. The van der Waals surface area contributed by atoms with Gasteiger partial charge in [-0.05, 0) is 135 Å². The van der Waals surface area contributed by atoms with Crippen molar-refractivity contribution in [2.24, 2.45) is 11.5 Å². The smallest absolute Gasteiger partial charge is 0.241 e. The monoisotopic (exact) mass is 799 g/mol. The Kier molecular flexibility index (Phi) is 44.6. The molecule has 0 aromatic rings. The van der Waals surface area contributed by atoms with Gasteiger partial charge in [0.15, 0.2) is 0 Å². The Morgan fingerprint density at radius 2 is 0.930 bits per heavy atom. The van der Waals surface area contributed by atoms with Crippen molar-refractivity contribution in [1.29, 1.82) is 0 Å². The van der Waals surface area contributed by atoms with Gasteiger partial charge in [0, 0.05) is 13.1 Å². The summed E-state index contributed by atoms with van der Waals surface area (Å²) in [5.41, 5.74) is 11.3. The zero-order chi connectivity index (χ0) is 41.5. The molecule has 0 saturated carbocycles. The summed E-state index contributed by atoms with van der Waals surface area (Å²) in [7, 11) is 0. The van der Waals surface area contributed by atoms with Crippen LogP contribution >= 0.6 is 0 Å². The highest BCUT2D eigenvalue weighted by Gasteiger charge is 2.20. The van der Waals surface area contributed by atoms with Gasteiger partial charge in [0.05, 0.1) is 12.6 Å². The summed E-state index contributed by atoms with van der Waals surface area (Å²) in [4.78, 5) is 28.8. The third-order valence-corrected chi connectivity index (χ3v) is 10.5. The Hall–Kier alpha value is -2.26. The van der Waals surface area contributed by atoms with Crippen LogP contribution < -0.4 is 27.4 Å². The largest absolute Gasteiger partial charge is 0.346 e. The molecule has 0 aliphatic rings. The molecule has 1 unspecified atom stereocenters. The van der Waals surface area contributed by atoms with E-state index in [0.29, 0.717) is 26.1 Å². The fourth-order valence-corrected chi connectivity index (χ4v) is 6.83. The molecular formula is C49H94N6O2. The van der Waals surface area contributed by atoms with Gasteiger partial charge in [-0.2, -0.15) is 0 Å². The van der Waals surface area contributed by atoms with Crippen molar-refractivity contribution in [2.45, 2.75) is 200 Å². The molecule has 1 atom stereocenters. The minimum absolute atomic E-state index is 0.0395. The van der Waals surface area contributed by atoms with Crippen LogP contribution in [-0.2, 0) is 9.59 Å². The number of rotatable bonds is 44. The SMILES string of the molecule is CCCCC/C=C\C/C=C\CCCCCCCCN(CCCCCCCC/C=C/C/C=C/CCCCC)C(=O)CNC(=O)C(CCCNCCCN)NCCCN. The Labute approximate surface area is 353 Å². The van der Waals surface area contributed by atoms with Crippen LogP contribution in [0.25, 0.3) is 0 Å². The number of nitrogens with one attached hydrogen (secondary N) is 3. The Bertz CT molecular complexity index is 933. The van der Waals surface area contributed by atoms with Crippen molar-refractivity contribution < 1.29 is 9.59 Å². The minimum atomic E-state index is -0.325. The maximum atomic E-state index is 13.5. The second-order valence-corrected chi connectivity index (χ2v) is 16.0. The van der Waals surface area contributed by atoms with E-state index < -0.39 is 0 Å². The van der Waals surface area contributed by atoms with Crippen LogP contribution in [0, 0.1) is 0 Å². The van der Waals surface area contributed by atoms with Crippen LogP contribution in [-0.4, -0.2) is 75.1 Å². The van der Waals surface area contributed by atoms with Gasteiger partial charge in [0.1, 0.15) is 0 Å². The lowest BCUT2D eigenvalue weighted by Gasteiger charge is -2.24. The van der Waals surface area contributed by atoms with E-state index in [0.717, 1.165) is 84.0 Å². The number of nitrogens with two attached hydrogens (primary N) is 2. The van der Waals surface area contributed by atoms with E-state index in [-0.39, 0.29) is 24.4 Å². The second kappa shape index (κ2) is 46.4. The Balaban J connectivity index is 4.68. The molecule has 7 N–H and O–H groups in total. The van der Waals surface area contributed by atoms with Crippen molar-refractivity contribution in [3.05, 3.63) is 48.6 Å². The number of amides is 2. The first-order valence-corrected chi connectivity index (χ1v) is 24.1. The normalized spacial score (nSPS) is 12.6. The first-order chi connectivity index (χ1) is 28.1. The van der Waals surface area contributed by atoms with E-state index >= 15 is 0 Å². The van der Waals surface area contributed by atoms with Crippen LogP contribution in [0.15, 0.2) is 48.6 Å². The summed E-state index contributed by atoms with van der Waals surface area (Å²) in [6, 6.07) is -0.325. The lowest BCUT2D eigenvalue weighted by Crippen LogP contribution is -2.48. The van der Waals surface area contributed by atoms with E-state index in [2.05, 4.69) is 78.4 Å². The highest BCUT2D eigenvalue weighted by molar-refractivity contribution is 5.87. The third kappa shape index (κ3) is 40.3. The molecule has 8 nitrogen and oxygen atoms in total. The number of nitrogens with zero attached hydrogens (tertiary/aromatic N) is 1. The van der Waals surface area contributed by atoms with Crippen LogP contribution in [0.5, 0.6) is 0 Å². The van der Waals surface area contributed by atoms with Crippen LogP contribution in [0.2, 0.25) is 0 Å². The van der Waals surface area contributed by atoms with Gasteiger partial charge in [0.2, 0.25) is 11.8 Å². The molecule has 0 aliphatic heterocycles. The molecule has 0 fully saturated rings. The van der Waals surface area contributed by atoms with Gasteiger partial charge in [-0.3, -0.25) is 9.59 Å². The fourth-order valence-electron chi connectivity index (χ4n) is 6.83. The number of unbranched alkanes of at least 4 members (excludes halogenated alkanes) is 18. The van der Waals surface area contributed by atoms with Crippen molar-refractivity contribution in [1.82, 2.24) is 20.9 Å². The molecule has 0 aliphatic carbocycles. The van der Waals surface area contributed by atoms with E-state index in [9.17, 15) is 9.59 Å². The summed E-state index contributed by atoms with van der Waals surface area (Å²) in [6.45, 7) is 9.80. The third-order valence-electron chi connectivity index (χ3n) is 10.5. The van der Waals surface area contributed by atoms with E-state index in [1.54, 1.807) is 0 Å². The number of carbonyl (C=O) groups is 2. The zero-order valence-corrected chi connectivity index (χ0v) is 37.6. The Morgan fingerprint density at radius 1 is 0.509 bits per heavy atom. The lowest BCUT2D eigenvalue weighted by atomic mass is 10.1. The average Bonchev–Trinajstić information content (AvgIpc) is 3.22. The quantitative estimate of drug-likeness (QED) is 0.0309. The van der Waals surface area contributed by atoms with Gasteiger partial charge >= 0.3 is 0 Å². The molecule has 332 valence electrons. The van der Waals surface area contributed by atoms with E-state index in [4.69, 9.17) is 11.5 Å². The molecule has 0 heterocycles. The van der Waals surface area contributed by atoms with E-state index in [1.165, 1.54) is 116 Å². The summed E-state index contributed by atoms with van der Waals surface area (Å²) in [6.07, 6.45) is 50.9. The zero-order valence-electron chi connectivity index (χ0n) is 37.6. The molecule has 0 saturated heterocycles. The number of allylic oxidation sites excluding steroid dienone is 8. The molecule has 2 amide bonds. The number of hydrogen-bond acceptors (Lipinski definition) is 6. The van der Waals surface area contributed by atoms with Crippen molar-refractivity contribution in [3.63, 3.8) is 0 Å². The predicted molar refractivity (Wildman–Crippen MR) is 250 cm³/mol. The first kappa shape index (κ1) is 54.7. The van der Waals surface area contributed by atoms with Gasteiger partial charge in [-0.15, -0.1) is 0 Å². The number of hydrogen-bond donors (Lipinski definition) is 5. The molecule has 0 radical (unpaired) electrons. The molecule has 57 heavy (non-hydrogen) atoms. The van der Waals surface area contributed by atoms with E-state index in [1.807, 2.05) is 4.90 Å². The van der Waals surface area contributed by atoms with Crippen molar-refractivity contribution in [3.8, 4) is 0 Å². The molecule has 0 aromatic carbocycles. The summed E-state index contributed by atoms with van der Waals surface area (Å²) >= 11 is 0. The van der Waals surface area contributed by atoms with Crippen LogP contribution in [0.3, 0.4) is 0 Å². The van der Waals surface area contributed by atoms with Crippen molar-refractivity contribution in [2.75, 3.05) is 52.4 Å². The highest BCUT2D eigenvalue weighted by Crippen LogP contribution is 2.12. The standard InChI is InChI=1S/C49H94N6O2/c1-3-5-7-9-11-13-15-17-19-21-23-25-27-29-31-33-44-55(45-34-32-30-28-26-24-22-20-18-16-14-12-10-8-6-4-2)48(56)46-54-49(57)47(53-43-37-40-51)38-35-41-52-42-36-39-50/h11-14,17-20,47,52-53H,3-10,15-16,21-46,50-51H2,1-2H3,(H,54,57)/b13-11-,14-12+,19-17-,20-18+. The number of carbonyl (C=O) groups excluding carboxylic acids is 2. The van der Waals surface area contributed by atoms with Crippen LogP contribution in [0.4, 0.5) is 0 Å². The Morgan fingerprint density at radius 3 is 1.40 bits per heavy atom. The highest BCUT2D eigenvalue weighted by atomic mass is 16.2. The van der Waals surface area contributed by atoms with Gasteiger partial charge < -0.3 is 32.3 Å². The predicted octanol–water partition coefficient (Wildman–Crippen LogP) is 10.6. The molecule has 0 bridgehead atoms. The van der Waals surface area contributed by atoms with Crippen LogP contribution in [0.1, 0.15) is 194 Å². The second-order valence-electron chi connectivity index (χ2n) is 16.0. The average molecular weight is 799 g/mol. The summed E-state index contributed by atoms with van der Waals surface area (Å²) in [5.74, 6) is -0.0533. The lowest BCUT2D eigenvalue weighted by molar-refractivity contribution is -0.133. The summed E-state index contributed by atoms with van der Waals surface area (Å²) in [5, 5.41) is 9.75. The first-order valence-electron chi connectivity index (χ1n) is 24.1. The topological polar surface area (TPSA) is 126 Å². The van der Waals surface area contributed by atoms with Gasteiger partial charge in [-0.1, -0.05) is 140 Å². The maximum Gasteiger partial charge on any atom is 0.241 e. The molecule has 0 spiro atoms. The minimum Gasteiger partial charge on any atom is -0.346 e. The summed E-state index contributed by atoms with van der Waals surface area (Å²) < 4.78 is 0. The molecule has 0 rings (SSSR count). The van der Waals surface area contributed by atoms with Crippen molar-refractivity contribution >= 4 is 11.8 Å². The molecular weight excluding hydrogens is 705 g/mol.